The highest BCUT2D eigenvalue weighted by atomic mass is 32.2. The molecule has 0 radical (unpaired) electrons. The fourth-order valence-corrected chi connectivity index (χ4v) is 5.63. The molecule has 5 aromatic rings. The maximum absolute atomic E-state index is 14.7. The Morgan fingerprint density at radius 3 is 2.50 bits per heavy atom. The number of carbonyl (C=O) groups excluding carboxylic acids is 1. The summed E-state index contributed by atoms with van der Waals surface area (Å²) in [6.45, 7) is -0.0306. The number of aromatic nitrogens is 1. The summed E-state index contributed by atoms with van der Waals surface area (Å²) in [4.78, 5) is 13.2. The van der Waals surface area contributed by atoms with E-state index in [0.717, 1.165) is 0 Å². The van der Waals surface area contributed by atoms with E-state index >= 15 is 0 Å². The van der Waals surface area contributed by atoms with Crippen molar-refractivity contribution in [3.8, 4) is 11.3 Å². The van der Waals surface area contributed by atoms with Crippen LogP contribution in [0.5, 0.6) is 0 Å². The average Bonchev–Trinajstić information content (AvgIpc) is 3.58. The number of hydrogen-bond donors (Lipinski definition) is 4. The van der Waals surface area contributed by atoms with Crippen LogP contribution in [0, 0.1) is 11.6 Å². The van der Waals surface area contributed by atoms with Gasteiger partial charge < -0.3 is 30.9 Å². The molecule has 2 aromatic heterocycles. The van der Waals surface area contributed by atoms with E-state index in [1.807, 2.05) is 0 Å². The lowest BCUT2D eigenvalue weighted by molar-refractivity contribution is 0.0964. The van der Waals surface area contributed by atoms with E-state index in [1.54, 1.807) is 48.0 Å². The maximum Gasteiger partial charge on any atom is 0.255 e. The Balaban J connectivity index is 1.75. The molecule has 228 valence electrons. The van der Waals surface area contributed by atoms with Crippen molar-refractivity contribution in [3.63, 3.8) is 0 Å². The molecule has 9 nitrogen and oxygen atoms in total. The number of halogens is 2. The van der Waals surface area contributed by atoms with Gasteiger partial charge in [-0.2, -0.15) is 0 Å². The van der Waals surface area contributed by atoms with E-state index in [0.29, 0.717) is 50.0 Å². The van der Waals surface area contributed by atoms with Crippen molar-refractivity contribution < 1.29 is 27.3 Å². The molecule has 44 heavy (non-hydrogen) atoms. The molecule has 1 unspecified atom stereocenters. The van der Waals surface area contributed by atoms with Gasteiger partial charge in [-0.1, -0.05) is 6.07 Å². The summed E-state index contributed by atoms with van der Waals surface area (Å²) in [7, 11) is 1.65. The molecule has 0 bridgehead atoms. The van der Waals surface area contributed by atoms with Crippen molar-refractivity contribution in [2.75, 3.05) is 31.3 Å². The monoisotopic (exact) mass is 619 g/mol. The van der Waals surface area contributed by atoms with E-state index in [1.165, 1.54) is 54.1 Å². The molecule has 3 aromatic carbocycles. The number of furan rings is 1. The highest BCUT2D eigenvalue weighted by Gasteiger charge is 2.25. The Morgan fingerprint density at radius 1 is 1.14 bits per heavy atom. The van der Waals surface area contributed by atoms with Gasteiger partial charge in [0.05, 0.1) is 34.8 Å². The molecular weight excluding hydrogens is 588 g/mol. The van der Waals surface area contributed by atoms with Crippen LogP contribution in [-0.2, 0) is 17.5 Å². The molecule has 0 fully saturated rings. The zero-order valence-corrected chi connectivity index (χ0v) is 25.0. The number of amides is 1. The van der Waals surface area contributed by atoms with Crippen LogP contribution in [0.25, 0.3) is 44.5 Å². The molecule has 1 atom stereocenters. The number of rotatable bonds is 9. The number of hydrogen-bond acceptors (Lipinski definition) is 6. The molecule has 12 heteroatoms. The summed E-state index contributed by atoms with van der Waals surface area (Å²) in [5, 5.41) is 13.1. The molecule has 0 saturated carbocycles. The third kappa shape index (κ3) is 5.45. The standard InChI is InChI=1S/C32H31F2N5O4S/c1-37-32(41)30-23-14-21(27(38(2)44(3)42)16-29(23)43-31(30)18-7-9-20(33)10-8-18)19(17-35)13-25(36)28-15-22-24(34)5-4-6-26(22)39(28)11-12-40/h4-10,13-17,40H,11-12,35-36H2,1-3H3,(H,37,41)/b19-17+,25-13-. The summed E-state index contributed by atoms with van der Waals surface area (Å²) >= 11 is 0. The first-order valence-electron chi connectivity index (χ1n) is 13.5. The van der Waals surface area contributed by atoms with Gasteiger partial charge in [-0.3, -0.25) is 9.10 Å². The number of carbonyl (C=O) groups is 1. The van der Waals surface area contributed by atoms with Crippen molar-refractivity contribution in [1.29, 1.82) is 0 Å². The third-order valence-corrected chi connectivity index (χ3v) is 8.37. The van der Waals surface area contributed by atoms with Crippen molar-refractivity contribution in [2.45, 2.75) is 6.54 Å². The van der Waals surface area contributed by atoms with Crippen LogP contribution in [0.2, 0.25) is 0 Å². The minimum absolute atomic E-state index is 0.171. The fourth-order valence-electron chi connectivity index (χ4n) is 5.20. The molecular formula is C32H31F2N5O4S. The Kier molecular flexibility index (Phi) is 8.56. The highest BCUT2D eigenvalue weighted by molar-refractivity contribution is 7.85. The zero-order valence-electron chi connectivity index (χ0n) is 24.2. The molecule has 1 amide bonds. The lowest BCUT2D eigenvalue weighted by Gasteiger charge is -2.20. The number of aliphatic hydroxyl groups is 1. The average molecular weight is 620 g/mol. The van der Waals surface area contributed by atoms with Crippen LogP contribution in [0.15, 0.2) is 77.4 Å². The highest BCUT2D eigenvalue weighted by Crippen LogP contribution is 2.40. The van der Waals surface area contributed by atoms with Crippen molar-refractivity contribution in [1.82, 2.24) is 9.88 Å². The first kappa shape index (κ1) is 30.5. The maximum atomic E-state index is 14.7. The van der Waals surface area contributed by atoms with E-state index in [9.17, 15) is 22.9 Å². The minimum Gasteiger partial charge on any atom is -0.455 e. The molecule has 0 saturated heterocycles. The second-order valence-electron chi connectivity index (χ2n) is 9.98. The number of allylic oxidation sites excluding steroid dienone is 2. The smallest absolute Gasteiger partial charge is 0.255 e. The van der Waals surface area contributed by atoms with E-state index in [-0.39, 0.29) is 30.2 Å². The van der Waals surface area contributed by atoms with E-state index in [4.69, 9.17) is 15.9 Å². The predicted molar refractivity (Wildman–Crippen MR) is 171 cm³/mol. The first-order chi connectivity index (χ1) is 21.1. The number of nitrogens with two attached hydrogens (primary N) is 2. The number of aliphatic hydroxyl groups excluding tert-OH is 1. The molecule has 0 spiro atoms. The van der Waals surface area contributed by atoms with Crippen molar-refractivity contribution in [3.05, 3.63) is 101 Å². The minimum atomic E-state index is -1.47. The van der Waals surface area contributed by atoms with Gasteiger partial charge in [0.15, 0.2) is 0 Å². The van der Waals surface area contributed by atoms with Gasteiger partial charge in [-0.05, 0) is 54.6 Å². The van der Waals surface area contributed by atoms with Crippen LogP contribution in [-0.4, -0.2) is 46.7 Å². The number of benzene rings is 3. The number of fused-ring (bicyclic) bond motifs is 2. The number of nitrogens with one attached hydrogen (secondary N) is 1. The Bertz CT molecular complexity index is 1980. The van der Waals surface area contributed by atoms with Crippen LogP contribution < -0.4 is 21.1 Å². The molecule has 6 N–H and O–H groups in total. The van der Waals surface area contributed by atoms with E-state index < -0.39 is 28.5 Å². The summed E-state index contributed by atoms with van der Waals surface area (Å²) in [6.07, 6.45) is 4.43. The lowest BCUT2D eigenvalue weighted by atomic mass is 9.98. The number of anilines is 1. The van der Waals surface area contributed by atoms with Crippen LogP contribution in [0.3, 0.4) is 0 Å². The van der Waals surface area contributed by atoms with Gasteiger partial charge >= 0.3 is 0 Å². The Morgan fingerprint density at radius 2 is 1.86 bits per heavy atom. The SMILES string of the molecule is CNC(=O)c1c(-c2ccc(F)cc2)oc2cc(N(C)S(C)=O)c(C(/C=C(\N)c3cc4c(F)cccc4n3CCO)=C/N)cc12. The van der Waals surface area contributed by atoms with Crippen LogP contribution in [0.4, 0.5) is 14.5 Å². The van der Waals surface area contributed by atoms with Gasteiger partial charge in [0, 0.05) is 66.6 Å². The normalized spacial score (nSPS) is 13.0. The topological polar surface area (TPSA) is 140 Å². The Hall–Kier alpha value is -4.94. The van der Waals surface area contributed by atoms with Crippen molar-refractivity contribution in [2.24, 2.45) is 11.5 Å². The van der Waals surface area contributed by atoms with E-state index in [2.05, 4.69) is 5.32 Å². The lowest BCUT2D eigenvalue weighted by Crippen LogP contribution is -2.20. The first-order valence-corrected chi connectivity index (χ1v) is 15.0. The van der Waals surface area contributed by atoms with Gasteiger partial charge in [0.25, 0.3) is 5.91 Å². The second kappa shape index (κ2) is 12.3. The predicted octanol–water partition coefficient (Wildman–Crippen LogP) is 4.71. The Labute approximate surface area is 254 Å². The summed E-state index contributed by atoms with van der Waals surface area (Å²) in [5.41, 5.74) is 16.4. The van der Waals surface area contributed by atoms with Gasteiger partial charge in [0.2, 0.25) is 0 Å². The molecule has 5 rings (SSSR count). The second-order valence-corrected chi connectivity index (χ2v) is 11.4. The third-order valence-electron chi connectivity index (χ3n) is 7.41. The summed E-state index contributed by atoms with van der Waals surface area (Å²) < 4.78 is 50.4. The fraction of sp³-hybridized carbons (Fsp3) is 0.156. The van der Waals surface area contributed by atoms with Crippen LogP contribution in [0.1, 0.15) is 21.6 Å². The molecule has 0 aliphatic heterocycles. The van der Waals surface area contributed by atoms with Gasteiger partial charge in [-0.25, -0.2) is 13.0 Å². The molecule has 0 aliphatic carbocycles. The molecule has 2 heterocycles. The van der Waals surface area contributed by atoms with Crippen molar-refractivity contribution >= 4 is 55.7 Å². The largest absolute Gasteiger partial charge is 0.455 e. The molecule has 0 aliphatic rings. The van der Waals surface area contributed by atoms with Gasteiger partial charge in [-0.15, -0.1) is 0 Å². The van der Waals surface area contributed by atoms with Crippen LogP contribution >= 0.6 is 0 Å². The summed E-state index contributed by atoms with van der Waals surface area (Å²) in [6, 6.07) is 15.2. The summed E-state index contributed by atoms with van der Waals surface area (Å²) in [5.74, 6) is -1.07. The van der Waals surface area contributed by atoms with Gasteiger partial charge in [0.1, 0.15) is 34.0 Å². The number of nitrogens with zero attached hydrogens (tertiary/aromatic N) is 2. The zero-order chi connectivity index (χ0) is 31.7. The quantitative estimate of drug-likeness (QED) is 0.176.